The van der Waals surface area contributed by atoms with Crippen molar-refractivity contribution < 1.29 is 19.5 Å². The molecule has 6 nitrogen and oxygen atoms in total. The molecule has 0 aliphatic heterocycles. The van der Waals surface area contributed by atoms with Crippen LogP contribution in [0.2, 0.25) is 0 Å². The minimum absolute atomic E-state index is 0.156. The first-order chi connectivity index (χ1) is 9.57. The quantitative estimate of drug-likeness (QED) is 0.230. The number of unbranched alkanes of at least 4 members (excludes halogenated alkanes) is 3. The monoisotopic (exact) mass is 284 g/mol. The maximum Gasteiger partial charge on any atom is 0.349 e. The normalized spacial score (nSPS) is 11.8. The van der Waals surface area contributed by atoms with E-state index in [1.54, 1.807) is 0 Å². The summed E-state index contributed by atoms with van der Waals surface area (Å²) in [4.78, 5) is 26.4. The number of hydrogen-bond donors (Lipinski definition) is 3. The van der Waals surface area contributed by atoms with E-state index in [0.717, 1.165) is 32.2 Å². The molecule has 0 rings (SSSR count). The van der Waals surface area contributed by atoms with Gasteiger partial charge >= 0.3 is 11.9 Å². The molecular formula is C14H24N2O4. The van der Waals surface area contributed by atoms with Crippen LogP contribution in [-0.2, 0) is 14.4 Å². The van der Waals surface area contributed by atoms with Crippen LogP contribution in [0.1, 0.15) is 32.6 Å². The van der Waals surface area contributed by atoms with Gasteiger partial charge in [0.2, 0.25) is 0 Å². The van der Waals surface area contributed by atoms with Crippen molar-refractivity contribution in [2.75, 3.05) is 20.1 Å². The van der Waals surface area contributed by atoms with E-state index in [0.29, 0.717) is 6.54 Å². The number of hydrogen-bond acceptors (Lipinski definition) is 5. The lowest BCUT2D eigenvalue weighted by Gasteiger charge is -2.03. The average molecular weight is 284 g/mol. The molecule has 0 aliphatic rings. The molecule has 3 N–H and O–H groups in total. The summed E-state index contributed by atoms with van der Waals surface area (Å²) in [7, 11) is 1.93. The standard InChI is InChI=1S/C14H24N2O4/c1-12(14(18)19)8-7-9-13(17)20-16-11-6-4-3-5-10-15-2/h7-9,15-16H,3-6,10-11H2,1-2H3,(H,18,19)/b9-7+,12-8+. The molecule has 0 amide bonds. The van der Waals surface area contributed by atoms with Crippen molar-refractivity contribution in [3.63, 3.8) is 0 Å². The highest BCUT2D eigenvalue weighted by atomic mass is 16.7. The van der Waals surface area contributed by atoms with Gasteiger partial charge in [-0.1, -0.05) is 25.0 Å². The number of carbonyl (C=O) groups excluding carboxylic acids is 1. The number of hydroxylamine groups is 1. The molecule has 0 aromatic carbocycles. The molecule has 114 valence electrons. The van der Waals surface area contributed by atoms with Gasteiger partial charge in [0.1, 0.15) is 0 Å². The Labute approximate surface area is 119 Å². The predicted octanol–water partition coefficient (Wildman–Crippen LogP) is 1.40. The van der Waals surface area contributed by atoms with Gasteiger partial charge in [-0.25, -0.2) is 9.59 Å². The fourth-order valence-corrected chi connectivity index (χ4v) is 1.35. The molecule has 0 aromatic rings. The van der Waals surface area contributed by atoms with E-state index in [9.17, 15) is 9.59 Å². The van der Waals surface area contributed by atoms with Crippen LogP contribution in [0, 0.1) is 0 Å². The van der Waals surface area contributed by atoms with Gasteiger partial charge in [0.25, 0.3) is 0 Å². The van der Waals surface area contributed by atoms with E-state index < -0.39 is 11.9 Å². The van der Waals surface area contributed by atoms with Gasteiger partial charge in [0, 0.05) is 18.2 Å². The Kier molecular flexibility index (Phi) is 11.4. The smallest absolute Gasteiger partial charge is 0.349 e. The van der Waals surface area contributed by atoms with E-state index in [2.05, 4.69) is 10.8 Å². The topological polar surface area (TPSA) is 87.7 Å². The fourth-order valence-electron chi connectivity index (χ4n) is 1.35. The lowest BCUT2D eigenvalue weighted by molar-refractivity contribution is -0.145. The lowest BCUT2D eigenvalue weighted by atomic mass is 10.2. The van der Waals surface area contributed by atoms with Crippen LogP contribution < -0.4 is 10.8 Å². The maximum absolute atomic E-state index is 11.2. The summed E-state index contributed by atoms with van der Waals surface area (Å²) >= 11 is 0. The SMILES string of the molecule is CNCCCCCCNOC(=O)/C=C/C=C(\C)C(=O)O. The van der Waals surface area contributed by atoms with Crippen LogP contribution in [0.25, 0.3) is 0 Å². The Hall–Kier alpha value is -1.66. The van der Waals surface area contributed by atoms with Crippen LogP contribution in [0.5, 0.6) is 0 Å². The molecule has 0 aromatic heterocycles. The molecule has 0 aliphatic carbocycles. The average Bonchev–Trinajstić information content (AvgIpc) is 2.41. The Morgan fingerprint density at radius 3 is 2.40 bits per heavy atom. The van der Waals surface area contributed by atoms with E-state index >= 15 is 0 Å². The van der Waals surface area contributed by atoms with Crippen LogP contribution in [-0.4, -0.2) is 37.2 Å². The predicted molar refractivity (Wildman–Crippen MR) is 77.0 cm³/mol. The number of carboxylic acid groups (broad SMARTS) is 1. The van der Waals surface area contributed by atoms with Gasteiger partial charge in [-0.3, -0.25) is 0 Å². The number of rotatable bonds is 11. The van der Waals surface area contributed by atoms with Crippen LogP contribution >= 0.6 is 0 Å². The zero-order valence-corrected chi connectivity index (χ0v) is 12.1. The van der Waals surface area contributed by atoms with Crippen LogP contribution in [0.4, 0.5) is 0 Å². The summed E-state index contributed by atoms with van der Waals surface area (Å²) in [5.74, 6) is -1.56. The first-order valence-electron chi connectivity index (χ1n) is 6.74. The Balaban J connectivity index is 3.57. The number of allylic oxidation sites excluding steroid dienone is 2. The van der Waals surface area contributed by atoms with Crippen molar-refractivity contribution in [1.82, 2.24) is 10.8 Å². The molecule has 0 saturated heterocycles. The zero-order chi connectivity index (χ0) is 15.2. The molecule has 0 saturated carbocycles. The van der Waals surface area contributed by atoms with Crippen molar-refractivity contribution in [2.45, 2.75) is 32.6 Å². The van der Waals surface area contributed by atoms with E-state index in [-0.39, 0.29) is 5.57 Å². The lowest BCUT2D eigenvalue weighted by Crippen LogP contribution is -2.19. The highest BCUT2D eigenvalue weighted by Gasteiger charge is 1.98. The van der Waals surface area contributed by atoms with Crippen molar-refractivity contribution in [3.05, 3.63) is 23.8 Å². The summed E-state index contributed by atoms with van der Waals surface area (Å²) < 4.78 is 0. The Bertz CT molecular complexity index is 351. The Morgan fingerprint density at radius 1 is 1.15 bits per heavy atom. The number of aliphatic carboxylic acids is 1. The van der Waals surface area contributed by atoms with Crippen LogP contribution in [0.15, 0.2) is 23.8 Å². The van der Waals surface area contributed by atoms with Crippen molar-refractivity contribution in [3.8, 4) is 0 Å². The first-order valence-corrected chi connectivity index (χ1v) is 6.74. The number of carbonyl (C=O) groups is 2. The van der Waals surface area contributed by atoms with Crippen LogP contribution in [0.3, 0.4) is 0 Å². The van der Waals surface area contributed by atoms with Gasteiger partial charge < -0.3 is 15.3 Å². The van der Waals surface area contributed by atoms with Gasteiger partial charge in [0.15, 0.2) is 0 Å². The first kappa shape index (κ1) is 18.3. The summed E-state index contributed by atoms with van der Waals surface area (Å²) in [5, 5.41) is 11.7. The second-order valence-electron chi connectivity index (χ2n) is 4.35. The summed E-state index contributed by atoms with van der Waals surface area (Å²) in [6.07, 6.45) is 8.19. The largest absolute Gasteiger partial charge is 0.478 e. The second kappa shape index (κ2) is 12.4. The third-order valence-corrected chi connectivity index (χ3v) is 2.54. The molecule has 6 heteroatoms. The minimum atomic E-state index is -1.01. The molecule has 0 heterocycles. The molecule has 20 heavy (non-hydrogen) atoms. The number of carboxylic acids is 1. The molecule has 0 bridgehead atoms. The highest BCUT2D eigenvalue weighted by Crippen LogP contribution is 1.97. The third kappa shape index (κ3) is 11.4. The van der Waals surface area contributed by atoms with E-state index in [1.165, 1.54) is 25.2 Å². The van der Waals surface area contributed by atoms with E-state index in [1.807, 2.05) is 7.05 Å². The molecule has 0 atom stereocenters. The van der Waals surface area contributed by atoms with Gasteiger partial charge in [0.05, 0.1) is 0 Å². The van der Waals surface area contributed by atoms with E-state index in [4.69, 9.17) is 9.94 Å². The zero-order valence-electron chi connectivity index (χ0n) is 12.1. The van der Waals surface area contributed by atoms with Gasteiger partial charge in [-0.2, -0.15) is 5.48 Å². The molecule has 0 fully saturated rings. The number of nitrogens with one attached hydrogen (secondary N) is 2. The fraction of sp³-hybridized carbons (Fsp3) is 0.571. The molecule has 0 radical (unpaired) electrons. The highest BCUT2D eigenvalue weighted by molar-refractivity contribution is 5.87. The molecular weight excluding hydrogens is 260 g/mol. The van der Waals surface area contributed by atoms with Gasteiger partial charge in [-0.15, -0.1) is 0 Å². The van der Waals surface area contributed by atoms with Gasteiger partial charge in [-0.05, 0) is 33.4 Å². The van der Waals surface area contributed by atoms with Crippen molar-refractivity contribution in [2.24, 2.45) is 0 Å². The summed E-state index contributed by atoms with van der Waals surface area (Å²) in [5.41, 5.74) is 2.74. The van der Waals surface area contributed by atoms with Crippen molar-refractivity contribution >= 4 is 11.9 Å². The molecule has 0 spiro atoms. The summed E-state index contributed by atoms with van der Waals surface area (Å²) in [6, 6.07) is 0. The maximum atomic E-state index is 11.2. The second-order valence-corrected chi connectivity index (χ2v) is 4.35. The minimum Gasteiger partial charge on any atom is -0.478 e. The third-order valence-electron chi connectivity index (χ3n) is 2.54. The van der Waals surface area contributed by atoms with Crippen molar-refractivity contribution in [1.29, 1.82) is 0 Å². The Morgan fingerprint density at radius 2 is 1.80 bits per heavy atom. The molecule has 0 unspecified atom stereocenters. The summed E-state index contributed by atoms with van der Waals surface area (Å²) in [6.45, 7) is 3.09.